The Morgan fingerprint density at radius 1 is 1.47 bits per heavy atom. The highest BCUT2D eigenvalue weighted by Gasteiger charge is 2.31. The molecule has 0 radical (unpaired) electrons. The molecule has 0 saturated heterocycles. The molecule has 0 spiro atoms. The van der Waals surface area contributed by atoms with Crippen LogP contribution in [0.3, 0.4) is 0 Å². The van der Waals surface area contributed by atoms with Gasteiger partial charge in [-0.05, 0) is 19.4 Å². The molecule has 1 heterocycles. The van der Waals surface area contributed by atoms with Crippen LogP contribution in [0.25, 0.3) is 6.08 Å². The number of hydrogen-bond acceptors (Lipinski definition) is 2. The minimum atomic E-state index is -0.362. The van der Waals surface area contributed by atoms with Gasteiger partial charge in [0.05, 0.1) is 5.69 Å². The molecule has 3 nitrogen and oxygen atoms in total. The molecule has 17 heavy (non-hydrogen) atoms. The fourth-order valence-corrected chi connectivity index (χ4v) is 2.03. The summed E-state index contributed by atoms with van der Waals surface area (Å²) >= 11 is 0. The van der Waals surface area contributed by atoms with E-state index in [2.05, 4.69) is 0 Å². The molecular weight excluding hydrogens is 214 g/mol. The number of ether oxygens (including phenoxy) is 1. The number of fused-ring (bicyclic) bond motifs is 1. The first-order chi connectivity index (χ1) is 8.19. The molecule has 3 heteroatoms. The molecule has 0 saturated carbocycles. The maximum absolute atomic E-state index is 12.0. The first kappa shape index (κ1) is 11.7. The number of allylic oxidation sites excluding steroid dienone is 1. The van der Waals surface area contributed by atoms with Gasteiger partial charge in [-0.25, -0.2) is 0 Å². The summed E-state index contributed by atoms with van der Waals surface area (Å²) in [6.45, 7) is 3.92. The molecule has 1 aromatic carbocycles. The number of para-hydroxylation sites is 1. The Bertz CT molecular complexity index is 465. The number of carbonyl (C=O) groups excluding carboxylic acids is 1. The van der Waals surface area contributed by atoms with Gasteiger partial charge in [0, 0.05) is 12.6 Å². The zero-order valence-electron chi connectivity index (χ0n) is 10.4. The van der Waals surface area contributed by atoms with Crippen LogP contribution in [0.4, 0.5) is 5.69 Å². The fraction of sp³-hybridized carbons (Fsp3) is 0.357. The average molecular weight is 231 g/mol. The molecule has 1 aliphatic heterocycles. The van der Waals surface area contributed by atoms with Gasteiger partial charge in [-0.15, -0.1) is 0 Å². The van der Waals surface area contributed by atoms with Crippen LogP contribution in [0.2, 0.25) is 0 Å². The highest BCUT2D eigenvalue weighted by molar-refractivity contribution is 6.00. The Morgan fingerprint density at radius 2 is 2.24 bits per heavy atom. The van der Waals surface area contributed by atoms with E-state index in [1.54, 1.807) is 11.9 Å². The number of rotatable bonds is 2. The van der Waals surface area contributed by atoms with Crippen LogP contribution < -0.4 is 9.64 Å². The summed E-state index contributed by atoms with van der Waals surface area (Å²) in [5.74, 6) is 0.831. The van der Waals surface area contributed by atoms with Gasteiger partial charge in [-0.1, -0.05) is 31.2 Å². The van der Waals surface area contributed by atoms with Gasteiger partial charge in [0.15, 0.2) is 11.9 Å². The third-order valence-electron chi connectivity index (χ3n) is 2.97. The Hall–Kier alpha value is -1.77. The van der Waals surface area contributed by atoms with Crippen molar-refractivity contribution >= 4 is 17.7 Å². The van der Waals surface area contributed by atoms with Gasteiger partial charge < -0.3 is 9.64 Å². The number of benzene rings is 1. The molecule has 1 aliphatic rings. The second kappa shape index (κ2) is 4.62. The molecule has 1 aromatic rings. The Labute approximate surface area is 102 Å². The van der Waals surface area contributed by atoms with Crippen LogP contribution in [-0.4, -0.2) is 19.1 Å². The van der Waals surface area contributed by atoms with Gasteiger partial charge in [-0.2, -0.15) is 0 Å². The van der Waals surface area contributed by atoms with E-state index in [0.29, 0.717) is 6.42 Å². The first-order valence-electron chi connectivity index (χ1n) is 5.89. The van der Waals surface area contributed by atoms with E-state index in [0.717, 1.165) is 17.0 Å². The predicted molar refractivity (Wildman–Crippen MR) is 69.3 cm³/mol. The lowest BCUT2D eigenvalue weighted by molar-refractivity contribution is -0.126. The highest BCUT2D eigenvalue weighted by atomic mass is 16.5. The second-order valence-electron chi connectivity index (χ2n) is 4.11. The van der Waals surface area contributed by atoms with Crippen molar-refractivity contribution in [2.75, 3.05) is 11.9 Å². The second-order valence-corrected chi connectivity index (χ2v) is 4.11. The van der Waals surface area contributed by atoms with Crippen molar-refractivity contribution in [2.24, 2.45) is 0 Å². The Morgan fingerprint density at radius 3 is 2.88 bits per heavy atom. The molecule has 0 aliphatic carbocycles. The van der Waals surface area contributed by atoms with Gasteiger partial charge in [0.1, 0.15) is 0 Å². The summed E-state index contributed by atoms with van der Waals surface area (Å²) in [6.07, 6.45) is 4.29. The monoisotopic (exact) mass is 231 g/mol. The lowest BCUT2D eigenvalue weighted by Crippen LogP contribution is -2.43. The number of nitrogens with zero attached hydrogens (tertiary/aromatic N) is 1. The minimum Gasteiger partial charge on any atom is -0.478 e. The predicted octanol–water partition coefficient (Wildman–Crippen LogP) is 2.85. The van der Waals surface area contributed by atoms with Crippen LogP contribution in [0.5, 0.6) is 5.75 Å². The number of carbonyl (C=O) groups is 1. The van der Waals surface area contributed by atoms with Gasteiger partial charge >= 0.3 is 0 Å². The molecule has 0 aromatic heterocycles. The number of amides is 1. The van der Waals surface area contributed by atoms with Crippen LogP contribution in [0, 0.1) is 0 Å². The zero-order valence-corrected chi connectivity index (χ0v) is 10.4. The standard InChI is InChI=1S/C14H17NO2/c1-4-7-10-8-6-9-11-13(10)17-12(5-2)14(16)15(11)3/h4,6-9,12H,5H2,1-3H3/b7-4-. The minimum absolute atomic E-state index is 0.0256. The lowest BCUT2D eigenvalue weighted by atomic mass is 10.1. The molecule has 1 atom stereocenters. The van der Waals surface area contributed by atoms with E-state index in [4.69, 9.17) is 4.74 Å². The smallest absolute Gasteiger partial charge is 0.267 e. The van der Waals surface area contributed by atoms with Crippen molar-refractivity contribution in [1.82, 2.24) is 0 Å². The normalized spacial score (nSPS) is 19.4. The van der Waals surface area contributed by atoms with Gasteiger partial charge in [0.2, 0.25) is 0 Å². The molecule has 0 N–H and O–H groups in total. The summed E-state index contributed by atoms with van der Waals surface area (Å²) in [4.78, 5) is 13.7. The highest BCUT2D eigenvalue weighted by Crippen LogP contribution is 2.37. The van der Waals surface area contributed by atoms with Crippen molar-refractivity contribution in [2.45, 2.75) is 26.4 Å². The maximum Gasteiger partial charge on any atom is 0.267 e. The molecule has 0 bridgehead atoms. The quantitative estimate of drug-likeness (QED) is 0.783. The van der Waals surface area contributed by atoms with E-state index in [1.807, 2.05) is 44.2 Å². The number of likely N-dealkylation sites (N-methyl/N-ethyl adjacent to an activating group) is 1. The van der Waals surface area contributed by atoms with Crippen molar-refractivity contribution in [3.05, 3.63) is 29.8 Å². The van der Waals surface area contributed by atoms with E-state index < -0.39 is 0 Å². The van der Waals surface area contributed by atoms with Gasteiger partial charge in [0.25, 0.3) is 5.91 Å². The topological polar surface area (TPSA) is 29.5 Å². The molecule has 1 unspecified atom stereocenters. The van der Waals surface area contributed by atoms with Crippen molar-refractivity contribution in [3.63, 3.8) is 0 Å². The molecule has 0 fully saturated rings. The Balaban J connectivity index is 2.52. The fourth-order valence-electron chi connectivity index (χ4n) is 2.03. The summed E-state index contributed by atoms with van der Waals surface area (Å²) in [5, 5.41) is 0. The van der Waals surface area contributed by atoms with E-state index in [1.165, 1.54) is 0 Å². The first-order valence-corrected chi connectivity index (χ1v) is 5.89. The zero-order chi connectivity index (χ0) is 12.4. The molecule has 90 valence electrons. The average Bonchev–Trinajstić information content (AvgIpc) is 2.34. The summed E-state index contributed by atoms with van der Waals surface area (Å²) in [5.41, 5.74) is 1.86. The molecule has 2 rings (SSSR count). The van der Waals surface area contributed by atoms with E-state index in [-0.39, 0.29) is 12.0 Å². The van der Waals surface area contributed by atoms with Gasteiger partial charge in [-0.3, -0.25) is 4.79 Å². The lowest BCUT2D eigenvalue weighted by Gasteiger charge is -2.32. The van der Waals surface area contributed by atoms with Crippen LogP contribution in [0.1, 0.15) is 25.8 Å². The van der Waals surface area contributed by atoms with Crippen LogP contribution in [0.15, 0.2) is 24.3 Å². The summed E-state index contributed by atoms with van der Waals surface area (Å²) in [6, 6.07) is 5.84. The molecular formula is C14H17NO2. The van der Waals surface area contributed by atoms with Crippen LogP contribution >= 0.6 is 0 Å². The third kappa shape index (κ3) is 1.93. The largest absolute Gasteiger partial charge is 0.478 e. The van der Waals surface area contributed by atoms with E-state index >= 15 is 0 Å². The van der Waals surface area contributed by atoms with Crippen molar-refractivity contribution in [1.29, 1.82) is 0 Å². The summed E-state index contributed by atoms with van der Waals surface area (Å²) < 4.78 is 5.80. The Kier molecular flexibility index (Phi) is 3.18. The van der Waals surface area contributed by atoms with Crippen molar-refractivity contribution < 1.29 is 9.53 Å². The number of hydrogen-bond donors (Lipinski definition) is 0. The SMILES string of the molecule is C/C=C\c1cccc2c1OC(CC)C(=O)N2C. The van der Waals surface area contributed by atoms with E-state index in [9.17, 15) is 4.79 Å². The number of anilines is 1. The van der Waals surface area contributed by atoms with Crippen molar-refractivity contribution in [3.8, 4) is 5.75 Å². The van der Waals surface area contributed by atoms with Crippen LogP contribution in [-0.2, 0) is 4.79 Å². The third-order valence-corrected chi connectivity index (χ3v) is 2.97. The summed E-state index contributed by atoms with van der Waals surface area (Å²) in [7, 11) is 1.80. The molecule has 1 amide bonds. The maximum atomic E-state index is 12.0.